The van der Waals surface area contributed by atoms with E-state index in [0.717, 1.165) is 21.1 Å². The molecule has 7 heteroatoms. The van der Waals surface area contributed by atoms with Crippen LogP contribution in [-0.4, -0.2) is 16.9 Å². The Morgan fingerprint density at radius 2 is 1.83 bits per heavy atom. The van der Waals surface area contributed by atoms with E-state index >= 15 is 0 Å². The predicted molar refractivity (Wildman–Crippen MR) is 104 cm³/mol. The molecule has 4 nitrogen and oxygen atoms in total. The van der Waals surface area contributed by atoms with Gasteiger partial charge in [0.1, 0.15) is 5.01 Å². The molecule has 0 bridgehead atoms. The molecule has 132 valence electrons. The van der Waals surface area contributed by atoms with E-state index in [4.69, 9.17) is 17.3 Å². The average molecular weight is 388 g/mol. The number of halogens is 2. The maximum atomic E-state index is 12.1. The molecule has 0 saturated carbocycles. The lowest BCUT2D eigenvalue weighted by Crippen LogP contribution is -2.44. The first-order valence-electron chi connectivity index (χ1n) is 7.58. The van der Waals surface area contributed by atoms with Crippen LogP contribution in [0, 0.1) is 12.8 Å². The van der Waals surface area contributed by atoms with Crippen LogP contribution in [0.25, 0.3) is 11.3 Å². The number of aryl methyl sites for hydroxylation is 1. The molecule has 0 aliphatic rings. The Kier molecular flexibility index (Phi) is 7.67. The molecule has 0 spiro atoms. The molecule has 0 radical (unpaired) electrons. The highest BCUT2D eigenvalue weighted by Gasteiger charge is 2.21. The molecule has 1 aromatic carbocycles. The zero-order valence-electron chi connectivity index (χ0n) is 14.2. The minimum Gasteiger partial charge on any atom is -0.346 e. The number of hydrogen-bond donors (Lipinski definition) is 2. The quantitative estimate of drug-likeness (QED) is 0.800. The van der Waals surface area contributed by atoms with Crippen molar-refractivity contribution in [2.45, 2.75) is 39.8 Å². The van der Waals surface area contributed by atoms with E-state index in [1.807, 2.05) is 52.0 Å². The van der Waals surface area contributed by atoms with Crippen molar-refractivity contribution in [3.8, 4) is 11.3 Å². The molecular weight excluding hydrogens is 365 g/mol. The summed E-state index contributed by atoms with van der Waals surface area (Å²) in [4.78, 5) is 17.9. The Labute approximate surface area is 158 Å². The normalized spacial score (nSPS) is 13.3. The standard InChI is InChI=1S/C17H22ClN3OS.ClH/c1-9(2)14(19)16(22)20-10(3)17-21-15(11(4)23-17)12-5-7-13(18)8-6-12;/h5-10,14H,19H2,1-4H3,(H,20,22);1H/t10?,14-;/m0./s1. The highest BCUT2D eigenvalue weighted by atomic mass is 35.5. The van der Waals surface area contributed by atoms with Crippen molar-refractivity contribution in [1.82, 2.24) is 10.3 Å². The van der Waals surface area contributed by atoms with Crippen molar-refractivity contribution in [1.29, 1.82) is 0 Å². The molecule has 0 fully saturated rings. The summed E-state index contributed by atoms with van der Waals surface area (Å²) < 4.78 is 0. The highest BCUT2D eigenvalue weighted by molar-refractivity contribution is 7.12. The van der Waals surface area contributed by atoms with E-state index in [1.165, 1.54) is 0 Å². The third kappa shape index (κ3) is 4.93. The van der Waals surface area contributed by atoms with Crippen LogP contribution in [0.2, 0.25) is 5.02 Å². The number of carbonyl (C=O) groups is 1. The molecule has 0 aliphatic heterocycles. The van der Waals surface area contributed by atoms with Gasteiger partial charge in [0.25, 0.3) is 0 Å². The fraction of sp³-hybridized carbons (Fsp3) is 0.412. The van der Waals surface area contributed by atoms with Gasteiger partial charge in [-0.1, -0.05) is 37.6 Å². The van der Waals surface area contributed by atoms with Crippen LogP contribution in [0.3, 0.4) is 0 Å². The van der Waals surface area contributed by atoms with Gasteiger partial charge in [-0.05, 0) is 31.9 Å². The zero-order chi connectivity index (χ0) is 17.1. The topological polar surface area (TPSA) is 68.0 Å². The maximum Gasteiger partial charge on any atom is 0.237 e. The minimum absolute atomic E-state index is 0. The molecule has 0 saturated heterocycles. The first-order chi connectivity index (χ1) is 10.8. The summed E-state index contributed by atoms with van der Waals surface area (Å²) in [5.74, 6) is -0.0433. The van der Waals surface area contributed by atoms with Crippen LogP contribution < -0.4 is 11.1 Å². The van der Waals surface area contributed by atoms with Crippen LogP contribution in [0.1, 0.15) is 36.7 Å². The fourth-order valence-corrected chi connectivity index (χ4v) is 3.22. The smallest absolute Gasteiger partial charge is 0.237 e. The summed E-state index contributed by atoms with van der Waals surface area (Å²) in [7, 11) is 0. The third-order valence-electron chi connectivity index (χ3n) is 3.68. The predicted octanol–water partition coefficient (Wildman–Crippen LogP) is 4.35. The Bertz CT molecular complexity index is 686. The lowest BCUT2D eigenvalue weighted by molar-refractivity contribution is -0.123. The van der Waals surface area contributed by atoms with Crippen LogP contribution in [0.5, 0.6) is 0 Å². The van der Waals surface area contributed by atoms with E-state index < -0.39 is 6.04 Å². The van der Waals surface area contributed by atoms with Gasteiger partial charge >= 0.3 is 0 Å². The van der Waals surface area contributed by atoms with Crippen molar-refractivity contribution >= 4 is 41.3 Å². The highest BCUT2D eigenvalue weighted by Crippen LogP contribution is 2.31. The summed E-state index contributed by atoms with van der Waals surface area (Å²) in [6.45, 7) is 7.82. The van der Waals surface area contributed by atoms with Gasteiger partial charge in [-0.15, -0.1) is 23.7 Å². The third-order valence-corrected chi connectivity index (χ3v) is 5.09. The maximum absolute atomic E-state index is 12.1. The van der Waals surface area contributed by atoms with Crippen molar-refractivity contribution in [2.24, 2.45) is 11.7 Å². The van der Waals surface area contributed by atoms with E-state index in [2.05, 4.69) is 10.3 Å². The minimum atomic E-state index is -0.505. The molecule has 1 heterocycles. The van der Waals surface area contributed by atoms with Crippen LogP contribution >= 0.6 is 35.3 Å². The number of aromatic nitrogens is 1. The first kappa shape index (κ1) is 20.9. The number of nitrogens with one attached hydrogen (secondary N) is 1. The van der Waals surface area contributed by atoms with Gasteiger partial charge in [0, 0.05) is 15.5 Å². The summed E-state index contributed by atoms with van der Waals surface area (Å²) in [6.07, 6.45) is 0. The number of carbonyl (C=O) groups excluding carboxylic acids is 1. The van der Waals surface area contributed by atoms with Crippen molar-refractivity contribution in [3.63, 3.8) is 0 Å². The number of hydrogen-bond acceptors (Lipinski definition) is 4. The molecule has 2 atom stereocenters. The second kappa shape index (κ2) is 8.81. The van der Waals surface area contributed by atoms with Gasteiger partial charge in [-0.2, -0.15) is 0 Å². The Morgan fingerprint density at radius 3 is 2.38 bits per heavy atom. The molecule has 1 unspecified atom stereocenters. The fourth-order valence-electron chi connectivity index (χ4n) is 2.15. The second-order valence-corrected chi connectivity index (χ2v) is 7.64. The number of benzene rings is 1. The van der Waals surface area contributed by atoms with Crippen molar-refractivity contribution < 1.29 is 4.79 Å². The molecule has 24 heavy (non-hydrogen) atoms. The summed E-state index contributed by atoms with van der Waals surface area (Å²) in [5.41, 5.74) is 7.83. The largest absolute Gasteiger partial charge is 0.346 e. The lowest BCUT2D eigenvalue weighted by atomic mass is 10.0. The van der Waals surface area contributed by atoms with Crippen LogP contribution in [0.15, 0.2) is 24.3 Å². The SMILES string of the molecule is Cc1sc(C(C)NC(=O)[C@@H](N)C(C)C)nc1-c1ccc(Cl)cc1.Cl. The summed E-state index contributed by atoms with van der Waals surface area (Å²) in [6, 6.07) is 6.93. The van der Waals surface area contributed by atoms with Crippen LogP contribution in [-0.2, 0) is 4.79 Å². The summed E-state index contributed by atoms with van der Waals surface area (Å²) in [5, 5.41) is 4.51. The van der Waals surface area contributed by atoms with E-state index in [1.54, 1.807) is 11.3 Å². The summed E-state index contributed by atoms with van der Waals surface area (Å²) >= 11 is 7.51. The van der Waals surface area contributed by atoms with Gasteiger partial charge in [0.05, 0.1) is 17.8 Å². The van der Waals surface area contributed by atoms with Crippen molar-refractivity contribution in [3.05, 3.63) is 39.2 Å². The van der Waals surface area contributed by atoms with Gasteiger partial charge in [-0.25, -0.2) is 4.98 Å². The van der Waals surface area contributed by atoms with E-state index in [0.29, 0.717) is 5.02 Å². The lowest BCUT2D eigenvalue weighted by Gasteiger charge is -2.18. The number of rotatable bonds is 5. The monoisotopic (exact) mass is 387 g/mol. The Morgan fingerprint density at radius 1 is 1.25 bits per heavy atom. The second-order valence-electron chi connectivity index (χ2n) is 5.96. The van der Waals surface area contributed by atoms with E-state index in [9.17, 15) is 4.79 Å². The van der Waals surface area contributed by atoms with Gasteiger partial charge in [0.2, 0.25) is 5.91 Å². The zero-order valence-corrected chi connectivity index (χ0v) is 16.6. The number of thiazole rings is 1. The van der Waals surface area contributed by atoms with Gasteiger partial charge in [-0.3, -0.25) is 4.79 Å². The Hall–Kier alpha value is -1.14. The number of nitrogens with zero attached hydrogens (tertiary/aromatic N) is 1. The molecular formula is C17H23Cl2N3OS. The van der Waals surface area contributed by atoms with Gasteiger partial charge < -0.3 is 11.1 Å². The average Bonchev–Trinajstić information content (AvgIpc) is 2.89. The molecule has 2 rings (SSSR count). The molecule has 1 aromatic heterocycles. The van der Waals surface area contributed by atoms with Crippen LogP contribution in [0.4, 0.5) is 0 Å². The number of nitrogens with two attached hydrogens (primary N) is 1. The molecule has 3 N–H and O–H groups in total. The number of amides is 1. The first-order valence-corrected chi connectivity index (χ1v) is 8.78. The van der Waals surface area contributed by atoms with Gasteiger partial charge in [0.15, 0.2) is 0 Å². The van der Waals surface area contributed by atoms with Crippen molar-refractivity contribution in [2.75, 3.05) is 0 Å². The Balaban J connectivity index is 0.00000288. The molecule has 1 amide bonds. The van der Waals surface area contributed by atoms with E-state index in [-0.39, 0.29) is 30.3 Å². The molecule has 0 aliphatic carbocycles. The molecule has 2 aromatic rings.